The van der Waals surface area contributed by atoms with Crippen LogP contribution in [0.1, 0.15) is 40.7 Å². The minimum absolute atomic E-state index is 0.241. The van der Waals surface area contributed by atoms with Crippen molar-refractivity contribution in [1.82, 2.24) is 14.9 Å². The van der Waals surface area contributed by atoms with Crippen molar-refractivity contribution < 1.29 is 23.8 Å². The van der Waals surface area contributed by atoms with Crippen LogP contribution in [0, 0.1) is 6.92 Å². The highest BCUT2D eigenvalue weighted by Gasteiger charge is 2.23. The zero-order valence-corrected chi connectivity index (χ0v) is 20.1. The van der Waals surface area contributed by atoms with Gasteiger partial charge in [-0.3, -0.25) is 14.2 Å². The van der Waals surface area contributed by atoms with Crippen LogP contribution in [-0.2, 0) is 16.0 Å². The number of benzene rings is 1. The smallest absolute Gasteiger partial charge is 0.348 e. The van der Waals surface area contributed by atoms with Crippen LogP contribution >= 0.6 is 11.3 Å². The summed E-state index contributed by atoms with van der Waals surface area (Å²) < 4.78 is 16.9. The summed E-state index contributed by atoms with van der Waals surface area (Å²) in [5.74, 6) is 0.465. The average Bonchev–Trinajstić information content (AvgIpc) is 3.16. The first-order valence-electron chi connectivity index (χ1n) is 10.5. The van der Waals surface area contributed by atoms with Crippen LogP contribution in [-0.4, -0.2) is 48.8 Å². The predicted molar refractivity (Wildman–Crippen MR) is 126 cm³/mol. The zero-order chi connectivity index (χ0) is 24.1. The second kappa shape index (κ2) is 10.5. The molecule has 9 nitrogen and oxygen atoms in total. The molecule has 3 rings (SSSR count). The molecule has 0 radical (unpaired) electrons. The molecule has 2 aromatic heterocycles. The molecule has 3 aromatic rings. The molecule has 0 aliphatic rings. The van der Waals surface area contributed by atoms with Crippen molar-refractivity contribution in [1.29, 1.82) is 0 Å². The zero-order valence-electron chi connectivity index (χ0n) is 19.3. The maximum absolute atomic E-state index is 13.1. The Labute approximate surface area is 195 Å². The summed E-state index contributed by atoms with van der Waals surface area (Å²) in [6.07, 6.45) is 1.92. The average molecular weight is 474 g/mol. The van der Waals surface area contributed by atoms with Gasteiger partial charge in [0.15, 0.2) is 11.5 Å². The molecular weight excluding hydrogens is 446 g/mol. The number of carbonyl (C=O) groups is 2. The highest BCUT2D eigenvalue weighted by atomic mass is 32.1. The molecule has 176 valence electrons. The quantitative estimate of drug-likeness (QED) is 0.476. The summed E-state index contributed by atoms with van der Waals surface area (Å²) in [6, 6.07) is 4.80. The lowest BCUT2D eigenvalue weighted by Crippen LogP contribution is -2.36. The first-order valence-corrected chi connectivity index (χ1v) is 11.3. The molecule has 10 heteroatoms. The second-order valence-corrected chi connectivity index (χ2v) is 8.32. The number of fused-ring (bicyclic) bond motifs is 1. The number of methoxy groups -OCH3 is 2. The molecule has 1 unspecified atom stereocenters. The molecule has 33 heavy (non-hydrogen) atoms. The van der Waals surface area contributed by atoms with Crippen LogP contribution < -0.4 is 20.3 Å². The van der Waals surface area contributed by atoms with Crippen molar-refractivity contribution in [3.05, 3.63) is 50.9 Å². The van der Waals surface area contributed by atoms with Crippen molar-refractivity contribution in [2.75, 3.05) is 27.4 Å². The van der Waals surface area contributed by atoms with E-state index < -0.39 is 12.0 Å². The molecule has 1 atom stereocenters. The summed E-state index contributed by atoms with van der Waals surface area (Å²) in [5, 5.41) is 3.18. The number of aromatic nitrogens is 2. The van der Waals surface area contributed by atoms with Gasteiger partial charge in [0.05, 0.1) is 32.5 Å². The number of ether oxygens (including phenoxy) is 3. The fourth-order valence-corrected chi connectivity index (χ4v) is 4.48. The molecule has 2 heterocycles. The van der Waals surface area contributed by atoms with Gasteiger partial charge in [-0.25, -0.2) is 9.78 Å². The van der Waals surface area contributed by atoms with Crippen molar-refractivity contribution in [3.8, 4) is 11.5 Å². The highest BCUT2D eigenvalue weighted by molar-refractivity contribution is 7.20. The van der Waals surface area contributed by atoms with Crippen molar-refractivity contribution in [2.24, 2.45) is 0 Å². The van der Waals surface area contributed by atoms with Gasteiger partial charge >= 0.3 is 5.97 Å². The molecule has 0 fully saturated rings. The van der Waals surface area contributed by atoms with E-state index in [4.69, 9.17) is 14.2 Å². The summed E-state index contributed by atoms with van der Waals surface area (Å²) in [4.78, 5) is 43.1. The van der Waals surface area contributed by atoms with E-state index in [-0.39, 0.29) is 18.1 Å². The van der Waals surface area contributed by atoms with E-state index in [0.29, 0.717) is 45.1 Å². The van der Waals surface area contributed by atoms with Crippen molar-refractivity contribution in [2.45, 2.75) is 33.2 Å². The molecule has 0 bridgehead atoms. The van der Waals surface area contributed by atoms with Crippen LogP contribution in [0.15, 0.2) is 29.3 Å². The highest BCUT2D eigenvalue weighted by Crippen LogP contribution is 2.28. The van der Waals surface area contributed by atoms with E-state index in [1.54, 1.807) is 35.0 Å². The monoisotopic (exact) mass is 473 g/mol. The third-order valence-electron chi connectivity index (χ3n) is 5.29. The first kappa shape index (κ1) is 24.2. The molecule has 1 N–H and O–H groups in total. The van der Waals surface area contributed by atoms with E-state index in [9.17, 15) is 14.4 Å². The van der Waals surface area contributed by atoms with Crippen LogP contribution in [0.25, 0.3) is 10.2 Å². The van der Waals surface area contributed by atoms with Gasteiger partial charge in [0.2, 0.25) is 5.91 Å². The number of thiophene rings is 1. The number of rotatable bonds is 9. The molecule has 0 saturated carbocycles. The number of esters is 1. The standard InChI is InChI=1S/C23H27N3O6S/c1-6-32-23(29)19-13(2)18-21(33-19)25-12-26(22(18)28)14(3)20(27)24-10-9-15-7-8-16(30-4)17(11-15)31-5/h7-8,11-12,14H,6,9-10H2,1-5H3,(H,24,27). The molecular formula is C23H27N3O6S. The Balaban J connectivity index is 1.73. The van der Waals surface area contributed by atoms with E-state index in [2.05, 4.69) is 10.3 Å². The van der Waals surface area contributed by atoms with E-state index in [1.165, 1.54) is 10.9 Å². The maximum atomic E-state index is 13.1. The lowest BCUT2D eigenvalue weighted by Gasteiger charge is -2.15. The Bertz CT molecular complexity index is 1230. The van der Waals surface area contributed by atoms with E-state index in [0.717, 1.165) is 16.9 Å². The Morgan fingerprint density at radius 1 is 1.21 bits per heavy atom. The number of nitrogens with one attached hydrogen (secondary N) is 1. The summed E-state index contributed by atoms with van der Waals surface area (Å²) in [7, 11) is 3.14. The summed E-state index contributed by atoms with van der Waals surface area (Å²) >= 11 is 1.11. The van der Waals surface area contributed by atoms with Crippen LogP contribution in [0.2, 0.25) is 0 Å². The number of amides is 1. The Morgan fingerprint density at radius 3 is 2.61 bits per heavy atom. The summed E-state index contributed by atoms with van der Waals surface area (Å²) in [6.45, 7) is 5.66. The second-order valence-electron chi connectivity index (χ2n) is 7.32. The van der Waals surface area contributed by atoms with Gasteiger partial charge in [-0.15, -0.1) is 11.3 Å². The number of aryl methyl sites for hydroxylation is 1. The fourth-order valence-electron chi connectivity index (χ4n) is 3.44. The largest absolute Gasteiger partial charge is 0.493 e. The third kappa shape index (κ3) is 5.00. The lowest BCUT2D eigenvalue weighted by molar-refractivity contribution is -0.123. The Kier molecular flexibility index (Phi) is 7.70. The van der Waals surface area contributed by atoms with Crippen LogP contribution in [0.5, 0.6) is 11.5 Å². The normalized spacial score (nSPS) is 11.8. The fraction of sp³-hybridized carbons (Fsp3) is 0.391. The molecule has 0 saturated heterocycles. The van der Waals surface area contributed by atoms with Crippen LogP contribution in [0.3, 0.4) is 0 Å². The minimum atomic E-state index is -0.773. The molecule has 1 amide bonds. The minimum Gasteiger partial charge on any atom is -0.493 e. The van der Waals surface area contributed by atoms with Gasteiger partial charge in [-0.2, -0.15) is 0 Å². The molecule has 0 aliphatic carbocycles. The summed E-state index contributed by atoms with van der Waals surface area (Å²) in [5.41, 5.74) is 1.12. The van der Waals surface area contributed by atoms with E-state index in [1.807, 2.05) is 18.2 Å². The molecule has 0 spiro atoms. The van der Waals surface area contributed by atoms with Crippen molar-refractivity contribution in [3.63, 3.8) is 0 Å². The number of nitrogens with zero attached hydrogens (tertiary/aromatic N) is 2. The first-order chi connectivity index (χ1) is 15.8. The van der Waals surface area contributed by atoms with Gasteiger partial charge < -0.3 is 19.5 Å². The SMILES string of the molecule is CCOC(=O)c1sc2ncn(C(C)C(=O)NCCc3ccc(OC)c(OC)c3)c(=O)c2c1C. The van der Waals surface area contributed by atoms with Gasteiger partial charge in [-0.05, 0) is 50.5 Å². The lowest BCUT2D eigenvalue weighted by atomic mass is 10.1. The molecule has 1 aromatic carbocycles. The number of hydrogen-bond donors (Lipinski definition) is 1. The predicted octanol–water partition coefficient (Wildman–Crippen LogP) is 2.88. The topological polar surface area (TPSA) is 109 Å². The van der Waals surface area contributed by atoms with E-state index >= 15 is 0 Å². The van der Waals surface area contributed by atoms with Gasteiger partial charge in [-0.1, -0.05) is 6.07 Å². The maximum Gasteiger partial charge on any atom is 0.348 e. The molecule has 0 aliphatic heterocycles. The van der Waals surface area contributed by atoms with Gasteiger partial charge in [0, 0.05) is 6.54 Å². The Morgan fingerprint density at radius 2 is 1.94 bits per heavy atom. The van der Waals surface area contributed by atoms with Crippen molar-refractivity contribution >= 4 is 33.4 Å². The Hall–Kier alpha value is -3.40. The number of carbonyl (C=O) groups excluding carboxylic acids is 2. The third-order valence-corrected chi connectivity index (χ3v) is 6.47. The van der Waals surface area contributed by atoms with Gasteiger partial charge in [0.1, 0.15) is 15.7 Å². The van der Waals surface area contributed by atoms with Crippen LogP contribution in [0.4, 0.5) is 0 Å². The number of hydrogen-bond acceptors (Lipinski definition) is 8. The van der Waals surface area contributed by atoms with Gasteiger partial charge in [0.25, 0.3) is 5.56 Å².